The van der Waals surface area contributed by atoms with Gasteiger partial charge in [0.15, 0.2) is 0 Å². The molecule has 0 aliphatic rings. The number of rotatable bonds is 5. The van der Waals surface area contributed by atoms with Gasteiger partial charge in [-0.1, -0.05) is 10.3 Å². The molecule has 0 bridgehead atoms. The SMILES string of the molecule is Cc1nonc1CN(CC(=O)O)C(C)C. The van der Waals surface area contributed by atoms with Crippen molar-refractivity contribution in [1.29, 1.82) is 0 Å². The van der Waals surface area contributed by atoms with Crippen LogP contribution in [0.25, 0.3) is 0 Å². The van der Waals surface area contributed by atoms with Gasteiger partial charge in [-0.05, 0) is 20.8 Å². The molecule has 15 heavy (non-hydrogen) atoms. The molecule has 1 rings (SSSR count). The van der Waals surface area contributed by atoms with Gasteiger partial charge in [-0.15, -0.1) is 0 Å². The summed E-state index contributed by atoms with van der Waals surface area (Å²) >= 11 is 0. The second-order valence-corrected chi connectivity index (χ2v) is 3.69. The van der Waals surface area contributed by atoms with E-state index >= 15 is 0 Å². The van der Waals surface area contributed by atoms with Crippen LogP contribution in [0.15, 0.2) is 4.63 Å². The average Bonchev–Trinajstić information content (AvgIpc) is 2.50. The molecule has 0 aromatic carbocycles. The first kappa shape index (κ1) is 11.6. The molecule has 0 radical (unpaired) electrons. The molecular formula is C9H15N3O3. The number of aryl methyl sites for hydroxylation is 1. The smallest absolute Gasteiger partial charge is 0.317 e. The van der Waals surface area contributed by atoms with E-state index < -0.39 is 5.97 Å². The van der Waals surface area contributed by atoms with E-state index in [0.717, 1.165) is 0 Å². The van der Waals surface area contributed by atoms with E-state index in [1.54, 1.807) is 11.8 Å². The largest absolute Gasteiger partial charge is 0.480 e. The minimum atomic E-state index is -0.849. The molecule has 1 aromatic rings. The minimum absolute atomic E-state index is 0.00995. The molecule has 1 heterocycles. The highest BCUT2D eigenvalue weighted by molar-refractivity contribution is 5.69. The second kappa shape index (κ2) is 4.88. The normalized spacial score (nSPS) is 11.3. The van der Waals surface area contributed by atoms with E-state index in [9.17, 15) is 4.79 Å². The number of hydrogen-bond acceptors (Lipinski definition) is 5. The van der Waals surface area contributed by atoms with Crippen molar-refractivity contribution in [3.8, 4) is 0 Å². The van der Waals surface area contributed by atoms with Gasteiger partial charge in [0.1, 0.15) is 11.4 Å². The zero-order valence-electron chi connectivity index (χ0n) is 9.10. The van der Waals surface area contributed by atoms with E-state index in [2.05, 4.69) is 14.9 Å². The van der Waals surface area contributed by atoms with Crippen LogP contribution in [-0.4, -0.2) is 38.9 Å². The zero-order valence-corrected chi connectivity index (χ0v) is 9.10. The van der Waals surface area contributed by atoms with Crippen LogP contribution in [-0.2, 0) is 11.3 Å². The van der Waals surface area contributed by atoms with Gasteiger partial charge in [0.05, 0.1) is 6.54 Å². The maximum absolute atomic E-state index is 10.6. The Labute approximate surface area is 87.8 Å². The summed E-state index contributed by atoms with van der Waals surface area (Å²) in [7, 11) is 0. The minimum Gasteiger partial charge on any atom is -0.480 e. The highest BCUT2D eigenvalue weighted by Crippen LogP contribution is 2.08. The van der Waals surface area contributed by atoms with E-state index in [-0.39, 0.29) is 12.6 Å². The van der Waals surface area contributed by atoms with E-state index in [4.69, 9.17) is 5.11 Å². The van der Waals surface area contributed by atoms with Gasteiger partial charge in [-0.25, -0.2) is 4.63 Å². The van der Waals surface area contributed by atoms with Crippen LogP contribution in [0.2, 0.25) is 0 Å². The molecule has 0 aliphatic heterocycles. The second-order valence-electron chi connectivity index (χ2n) is 3.69. The third-order valence-corrected chi connectivity index (χ3v) is 2.17. The number of carboxylic acid groups (broad SMARTS) is 1. The standard InChI is InChI=1S/C9H15N3O3/c1-6(2)12(5-9(13)14)4-8-7(3)10-15-11-8/h6H,4-5H2,1-3H3,(H,13,14). The van der Waals surface area contributed by atoms with Crippen LogP contribution in [0.1, 0.15) is 25.2 Å². The van der Waals surface area contributed by atoms with Crippen molar-refractivity contribution in [3.63, 3.8) is 0 Å². The van der Waals surface area contributed by atoms with Crippen molar-refractivity contribution in [3.05, 3.63) is 11.4 Å². The molecular weight excluding hydrogens is 198 g/mol. The molecule has 0 saturated heterocycles. The number of carboxylic acids is 1. The zero-order chi connectivity index (χ0) is 11.4. The van der Waals surface area contributed by atoms with Crippen LogP contribution in [0.3, 0.4) is 0 Å². The molecule has 0 unspecified atom stereocenters. The summed E-state index contributed by atoms with van der Waals surface area (Å²) in [6, 6.07) is 0.136. The first-order valence-electron chi connectivity index (χ1n) is 4.74. The third kappa shape index (κ3) is 3.32. The van der Waals surface area contributed by atoms with Crippen molar-refractivity contribution < 1.29 is 14.5 Å². The van der Waals surface area contributed by atoms with Gasteiger partial charge in [-0.3, -0.25) is 9.69 Å². The fourth-order valence-corrected chi connectivity index (χ4v) is 1.18. The summed E-state index contributed by atoms with van der Waals surface area (Å²) in [5.41, 5.74) is 1.39. The summed E-state index contributed by atoms with van der Waals surface area (Å²) in [5.74, 6) is -0.849. The van der Waals surface area contributed by atoms with Crippen molar-refractivity contribution in [2.24, 2.45) is 0 Å². The summed E-state index contributed by atoms with van der Waals surface area (Å²) in [6.45, 7) is 6.09. The number of aromatic nitrogens is 2. The van der Waals surface area contributed by atoms with Crippen molar-refractivity contribution >= 4 is 5.97 Å². The molecule has 6 heteroatoms. The predicted octanol–water partition coefficient (Wildman–Crippen LogP) is 0.673. The average molecular weight is 213 g/mol. The Balaban J connectivity index is 2.67. The lowest BCUT2D eigenvalue weighted by Gasteiger charge is -2.23. The third-order valence-electron chi connectivity index (χ3n) is 2.17. The van der Waals surface area contributed by atoms with E-state index in [0.29, 0.717) is 17.9 Å². The lowest BCUT2D eigenvalue weighted by molar-refractivity contribution is -0.139. The van der Waals surface area contributed by atoms with Gasteiger partial charge in [-0.2, -0.15) is 0 Å². The van der Waals surface area contributed by atoms with Crippen LogP contribution >= 0.6 is 0 Å². The first-order chi connectivity index (χ1) is 7.00. The Morgan fingerprint density at radius 2 is 2.20 bits per heavy atom. The van der Waals surface area contributed by atoms with E-state index in [1.165, 1.54) is 0 Å². The van der Waals surface area contributed by atoms with Crippen molar-refractivity contribution in [2.45, 2.75) is 33.4 Å². The highest BCUT2D eigenvalue weighted by atomic mass is 16.6. The van der Waals surface area contributed by atoms with Gasteiger partial charge in [0.2, 0.25) is 0 Å². The molecule has 0 atom stereocenters. The van der Waals surface area contributed by atoms with Crippen molar-refractivity contribution in [1.82, 2.24) is 15.2 Å². The molecule has 0 fully saturated rings. The van der Waals surface area contributed by atoms with Crippen molar-refractivity contribution in [2.75, 3.05) is 6.54 Å². The summed E-state index contributed by atoms with van der Waals surface area (Å²) < 4.78 is 4.56. The Kier molecular flexibility index (Phi) is 3.79. The lowest BCUT2D eigenvalue weighted by atomic mass is 10.2. The van der Waals surface area contributed by atoms with Crippen LogP contribution in [0, 0.1) is 6.92 Å². The fourth-order valence-electron chi connectivity index (χ4n) is 1.18. The quantitative estimate of drug-likeness (QED) is 0.774. The highest BCUT2D eigenvalue weighted by Gasteiger charge is 2.17. The molecule has 6 nitrogen and oxygen atoms in total. The molecule has 0 aliphatic carbocycles. The Morgan fingerprint density at radius 1 is 1.53 bits per heavy atom. The fraction of sp³-hybridized carbons (Fsp3) is 0.667. The number of nitrogens with zero attached hydrogens (tertiary/aromatic N) is 3. The summed E-state index contributed by atoms with van der Waals surface area (Å²) in [6.07, 6.45) is 0. The first-order valence-corrected chi connectivity index (χ1v) is 4.74. The number of carbonyl (C=O) groups is 1. The molecule has 0 amide bonds. The van der Waals surface area contributed by atoms with Crippen LogP contribution < -0.4 is 0 Å². The Morgan fingerprint density at radius 3 is 2.60 bits per heavy atom. The maximum atomic E-state index is 10.6. The van der Waals surface area contributed by atoms with Gasteiger partial charge in [0.25, 0.3) is 0 Å². The van der Waals surface area contributed by atoms with Crippen LogP contribution in [0.4, 0.5) is 0 Å². The number of aliphatic carboxylic acids is 1. The lowest BCUT2D eigenvalue weighted by Crippen LogP contribution is -2.35. The molecule has 1 N–H and O–H groups in total. The van der Waals surface area contributed by atoms with Gasteiger partial charge >= 0.3 is 5.97 Å². The summed E-state index contributed by atoms with van der Waals surface area (Å²) in [5, 5.41) is 16.1. The van der Waals surface area contributed by atoms with Gasteiger partial charge < -0.3 is 5.11 Å². The molecule has 84 valence electrons. The predicted molar refractivity (Wildman–Crippen MR) is 52.2 cm³/mol. The monoisotopic (exact) mass is 213 g/mol. The molecule has 1 aromatic heterocycles. The maximum Gasteiger partial charge on any atom is 0.317 e. The molecule has 0 saturated carbocycles. The Bertz CT molecular complexity index is 335. The summed E-state index contributed by atoms with van der Waals surface area (Å²) in [4.78, 5) is 12.4. The Hall–Kier alpha value is -1.43. The molecule has 0 spiro atoms. The number of hydrogen-bond donors (Lipinski definition) is 1. The van der Waals surface area contributed by atoms with Gasteiger partial charge in [0, 0.05) is 12.6 Å². The van der Waals surface area contributed by atoms with E-state index in [1.807, 2.05) is 13.8 Å². The topological polar surface area (TPSA) is 79.5 Å². The van der Waals surface area contributed by atoms with Crippen LogP contribution in [0.5, 0.6) is 0 Å².